The highest BCUT2D eigenvalue weighted by atomic mass is 32.2. The van der Waals surface area contributed by atoms with Crippen LogP contribution < -0.4 is 8.92 Å². The van der Waals surface area contributed by atoms with Gasteiger partial charge >= 0.3 is 10.1 Å². The van der Waals surface area contributed by atoms with Gasteiger partial charge in [0.15, 0.2) is 16.4 Å². The van der Waals surface area contributed by atoms with Gasteiger partial charge in [-0.3, -0.25) is 14.9 Å². The summed E-state index contributed by atoms with van der Waals surface area (Å²) in [6, 6.07) is 10.7. The number of benzene rings is 2. The predicted octanol–water partition coefficient (Wildman–Crippen LogP) is 2.14. The Kier molecular flexibility index (Phi) is 7.27. The van der Waals surface area contributed by atoms with Gasteiger partial charge in [0.1, 0.15) is 11.6 Å². The molecule has 12 heteroatoms. The highest BCUT2D eigenvalue weighted by Crippen LogP contribution is 2.33. The van der Waals surface area contributed by atoms with Crippen LogP contribution in [0.2, 0.25) is 0 Å². The highest BCUT2D eigenvalue weighted by Gasteiger charge is 2.28. The third kappa shape index (κ3) is 5.46. The Labute approximate surface area is 189 Å². The van der Waals surface area contributed by atoms with Crippen LogP contribution in [0.3, 0.4) is 0 Å². The number of ether oxygens (including phenoxy) is 2. The number of amides is 1. The monoisotopic (exact) mass is 473 g/mol. The molecular formula is C21H19N3O8S. The number of hydrogen-bond donors (Lipinski definition) is 0. The van der Waals surface area contributed by atoms with Crippen molar-refractivity contribution in [2.24, 2.45) is 0 Å². The summed E-state index contributed by atoms with van der Waals surface area (Å²) in [5.41, 5.74) is -0.350. The maximum absolute atomic E-state index is 12.7. The molecule has 0 radical (unpaired) electrons. The van der Waals surface area contributed by atoms with Crippen LogP contribution in [0, 0.1) is 21.4 Å². The number of hydrogen-bond acceptors (Lipinski definition) is 9. The van der Waals surface area contributed by atoms with Gasteiger partial charge in [0.25, 0.3) is 11.6 Å². The molecule has 0 aromatic heterocycles. The molecule has 2 aromatic rings. The molecule has 1 fully saturated rings. The summed E-state index contributed by atoms with van der Waals surface area (Å²) in [6.45, 7) is 1.52. The maximum atomic E-state index is 12.7. The van der Waals surface area contributed by atoms with Crippen molar-refractivity contribution < 1.29 is 31.8 Å². The lowest BCUT2D eigenvalue weighted by atomic mass is 10.1. The predicted molar refractivity (Wildman–Crippen MR) is 115 cm³/mol. The third-order valence-electron chi connectivity index (χ3n) is 4.68. The second-order valence-corrected chi connectivity index (χ2v) is 8.26. The molecule has 0 spiro atoms. The summed E-state index contributed by atoms with van der Waals surface area (Å²) < 4.78 is 40.8. The fraction of sp³-hybridized carbons (Fsp3) is 0.238. The first-order valence-electron chi connectivity index (χ1n) is 9.61. The Hall–Kier alpha value is -3.95. The summed E-state index contributed by atoms with van der Waals surface area (Å²) in [7, 11) is -3.28. The first-order chi connectivity index (χ1) is 15.8. The zero-order valence-corrected chi connectivity index (χ0v) is 18.3. The number of nitro groups is 1. The molecule has 0 bridgehead atoms. The summed E-state index contributed by atoms with van der Waals surface area (Å²) in [5.74, 6) is -0.674. The van der Waals surface area contributed by atoms with Crippen molar-refractivity contribution in [3.05, 3.63) is 63.7 Å². The average Bonchev–Trinajstić information content (AvgIpc) is 2.83. The number of nitro benzene ring substituents is 1. The first-order valence-corrected chi connectivity index (χ1v) is 11.0. The molecule has 172 valence electrons. The molecule has 33 heavy (non-hydrogen) atoms. The van der Waals surface area contributed by atoms with Crippen LogP contribution in [0.1, 0.15) is 5.56 Å². The fourth-order valence-corrected chi connectivity index (χ4v) is 4.18. The van der Waals surface area contributed by atoms with Crippen molar-refractivity contribution in [2.45, 2.75) is 4.90 Å². The van der Waals surface area contributed by atoms with E-state index in [4.69, 9.17) is 13.7 Å². The van der Waals surface area contributed by atoms with Crippen LogP contribution in [-0.2, 0) is 19.6 Å². The molecule has 0 N–H and O–H groups in total. The van der Waals surface area contributed by atoms with E-state index in [1.54, 1.807) is 0 Å². The first kappa shape index (κ1) is 23.7. The number of morpholine rings is 1. The molecule has 0 unspecified atom stereocenters. The van der Waals surface area contributed by atoms with E-state index in [-0.39, 0.29) is 17.1 Å². The molecule has 11 nitrogen and oxygen atoms in total. The topological polar surface area (TPSA) is 149 Å². The summed E-state index contributed by atoms with van der Waals surface area (Å²) in [4.78, 5) is 23.8. The lowest BCUT2D eigenvalue weighted by molar-refractivity contribution is -0.387. The minimum atomic E-state index is -4.55. The smallest absolute Gasteiger partial charge is 0.346 e. The van der Waals surface area contributed by atoms with E-state index in [9.17, 15) is 28.6 Å². The molecule has 1 heterocycles. The number of carbonyl (C=O) groups is 1. The Balaban J connectivity index is 1.90. The van der Waals surface area contributed by atoms with Crippen LogP contribution in [0.4, 0.5) is 5.69 Å². The Bertz CT molecular complexity index is 1240. The third-order valence-corrected chi connectivity index (χ3v) is 5.96. The van der Waals surface area contributed by atoms with E-state index in [1.165, 1.54) is 48.4 Å². The van der Waals surface area contributed by atoms with Gasteiger partial charge in [-0.1, -0.05) is 18.2 Å². The van der Waals surface area contributed by atoms with Crippen LogP contribution in [0.15, 0.2) is 52.9 Å². The average molecular weight is 473 g/mol. The summed E-state index contributed by atoms with van der Waals surface area (Å²) in [5, 5.41) is 20.6. The van der Waals surface area contributed by atoms with E-state index < -0.39 is 31.5 Å². The summed E-state index contributed by atoms with van der Waals surface area (Å²) >= 11 is 0. The Morgan fingerprint density at radius 2 is 1.91 bits per heavy atom. The van der Waals surface area contributed by atoms with E-state index >= 15 is 0 Å². The molecule has 2 aromatic carbocycles. The van der Waals surface area contributed by atoms with Crippen molar-refractivity contribution in [3.8, 4) is 17.6 Å². The minimum Gasteiger partial charge on any atom is -0.493 e. The molecular weight excluding hydrogens is 454 g/mol. The molecule has 0 saturated carbocycles. The van der Waals surface area contributed by atoms with Gasteiger partial charge in [0.2, 0.25) is 0 Å². The quantitative estimate of drug-likeness (QED) is 0.194. The lowest BCUT2D eigenvalue weighted by Crippen LogP contribution is -2.41. The van der Waals surface area contributed by atoms with Gasteiger partial charge in [-0.05, 0) is 29.8 Å². The normalized spacial score (nSPS) is 14.3. The van der Waals surface area contributed by atoms with Crippen molar-refractivity contribution in [1.82, 2.24) is 4.90 Å². The largest absolute Gasteiger partial charge is 0.493 e. The number of carbonyl (C=O) groups excluding carboxylic acids is 1. The van der Waals surface area contributed by atoms with Gasteiger partial charge in [-0.25, -0.2) is 0 Å². The number of rotatable bonds is 7. The Morgan fingerprint density at radius 1 is 1.21 bits per heavy atom. The van der Waals surface area contributed by atoms with Crippen LogP contribution >= 0.6 is 0 Å². The van der Waals surface area contributed by atoms with E-state index in [2.05, 4.69) is 0 Å². The van der Waals surface area contributed by atoms with Crippen molar-refractivity contribution in [1.29, 1.82) is 5.26 Å². The molecule has 1 aliphatic rings. The number of para-hydroxylation sites is 1. The van der Waals surface area contributed by atoms with E-state index in [0.717, 1.165) is 12.1 Å². The number of methoxy groups -OCH3 is 1. The van der Waals surface area contributed by atoms with Crippen molar-refractivity contribution in [2.75, 3.05) is 33.4 Å². The summed E-state index contributed by atoms with van der Waals surface area (Å²) in [6.07, 6.45) is 1.35. The van der Waals surface area contributed by atoms with Crippen LogP contribution in [0.25, 0.3) is 6.08 Å². The number of nitriles is 1. The van der Waals surface area contributed by atoms with Crippen molar-refractivity contribution in [3.63, 3.8) is 0 Å². The van der Waals surface area contributed by atoms with E-state index in [0.29, 0.717) is 31.9 Å². The zero-order valence-electron chi connectivity index (χ0n) is 17.5. The SMILES string of the molecule is COc1cc(/C=C(\C#N)C(=O)N2CCOCC2)ccc1OS(=O)(=O)c1ccccc1[N+](=O)[O-]. The van der Waals surface area contributed by atoms with Gasteiger partial charge in [0.05, 0.1) is 25.2 Å². The molecule has 0 atom stereocenters. The zero-order chi connectivity index (χ0) is 24.0. The second-order valence-electron chi connectivity index (χ2n) is 6.75. The van der Waals surface area contributed by atoms with Crippen molar-refractivity contribution >= 4 is 27.8 Å². The fourth-order valence-electron chi connectivity index (χ4n) is 3.07. The highest BCUT2D eigenvalue weighted by molar-refractivity contribution is 7.87. The van der Waals surface area contributed by atoms with Gasteiger partial charge in [0, 0.05) is 19.2 Å². The maximum Gasteiger partial charge on any atom is 0.346 e. The Morgan fingerprint density at radius 3 is 2.55 bits per heavy atom. The van der Waals surface area contributed by atoms with Gasteiger partial charge in [-0.15, -0.1) is 0 Å². The number of nitrogens with zero attached hydrogens (tertiary/aromatic N) is 3. The minimum absolute atomic E-state index is 0.0120. The molecule has 1 saturated heterocycles. The van der Waals surface area contributed by atoms with Crippen LogP contribution in [-0.4, -0.2) is 57.6 Å². The van der Waals surface area contributed by atoms with Crippen LogP contribution in [0.5, 0.6) is 11.5 Å². The second kappa shape index (κ2) is 10.1. The molecule has 1 amide bonds. The van der Waals surface area contributed by atoms with Gasteiger partial charge in [-0.2, -0.15) is 13.7 Å². The molecule has 3 rings (SSSR count). The molecule has 0 aliphatic carbocycles. The lowest BCUT2D eigenvalue weighted by Gasteiger charge is -2.26. The van der Waals surface area contributed by atoms with Gasteiger partial charge < -0.3 is 18.6 Å². The standard InChI is InChI=1S/C21H19N3O8S/c1-30-19-13-15(12-16(14-22)21(25)23-8-10-31-11-9-23)6-7-18(19)32-33(28,29)20-5-3-2-4-17(20)24(26)27/h2-7,12-13H,8-11H2,1H3/b16-12+. The van der Waals surface area contributed by atoms with E-state index in [1.807, 2.05) is 6.07 Å². The molecule has 1 aliphatic heterocycles.